The molecule has 6 heteroatoms. The Balaban J connectivity index is 2.11. The van der Waals surface area contributed by atoms with Gasteiger partial charge >= 0.3 is 5.97 Å². The number of nitrogens with zero attached hydrogens (tertiary/aromatic N) is 3. The number of hydrogen-bond acceptors (Lipinski definition) is 5. The van der Waals surface area contributed by atoms with E-state index in [9.17, 15) is 4.79 Å². The maximum Gasteiger partial charge on any atom is 0.356 e. The maximum atomic E-state index is 10.6. The standard InChI is InChI=1S/C10H13N3O3/c1-7-6-13(2-3-16-7)9-5-11-8(4-12-9)10(14)15/h4-5,7H,2-3,6H2,1H3,(H,14,15)/t7-/m0/s1. The van der Waals surface area contributed by atoms with E-state index in [4.69, 9.17) is 9.84 Å². The fraction of sp³-hybridized carbons (Fsp3) is 0.500. The zero-order valence-corrected chi connectivity index (χ0v) is 8.96. The lowest BCUT2D eigenvalue weighted by molar-refractivity contribution is 0.0528. The third-order valence-corrected chi connectivity index (χ3v) is 2.42. The van der Waals surface area contributed by atoms with Crippen LogP contribution >= 0.6 is 0 Å². The van der Waals surface area contributed by atoms with Crippen molar-refractivity contribution in [1.29, 1.82) is 0 Å². The summed E-state index contributed by atoms with van der Waals surface area (Å²) < 4.78 is 5.41. The van der Waals surface area contributed by atoms with E-state index >= 15 is 0 Å². The smallest absolute Gasteiger partial charge is 0.356 e. The molecule has 0 bridgehead atoms. The van der Waals surface area contributed by atoms with Crippen molar-refractivity contribution in [2.45, 2.75) is 13.0 Å². The van der Waals surface area contributed by atoms with Crippen LogP contribution in [0.15, 0.2) is 12.4 Å². The summed E-state index contributed by atoms with van der Waals surface area (Å²) in [7, 11) is 0. The van der Waals surface area contributed by atoms with Gasteiger partial charge in [0.2, 0.25) is 0 Å². The largest absolute Gasteiger partial charge is 0.476 e. The Labute approximate surface area is 92.9 Å². The van der Waals surface area contributed by atoms with Gasteiger partial charge in [-0.3, -0.25) is 0 Å². The van der Waals surface area contributed by atoms with Crippen molar-refractivity contribution in [2.75, 3.05) is 24.6 Å². The van der Waals surface area contributed by atoms with Crippen LogP contribution in [0.2, 0.25) is 0 Å². The molecule has 1 atom stereocenters. The number of rotatable bonds is 2. The molecule has 6 nitrogen and oxygen atoms in total. The minimum atomic E-state index is -1.06. The minimum Gasteiger partial charge on any atom is -0.476 e. The quantitative estimate of drug-likeness (QED) is 0.782. The predicted molar refractivity (Wildman–Crippen MR) is 56.6 cm³/mol. The van der Waals surface area contributed by atoms with Crippen molar-refractivity contribution in [3.8, 4) is 0 Å². The fourth-order valence-corrected chi connectivity index (χ4v) is 1.62. The zero-order chi connectivity index (χ0) is 11.5. The molecular formula is C10H13N3O3. The molecule has 1 aliphatic heterocycles. The molecular weight excluding hydrogens is 210 g/mol. The highest BCUT2D eigenvalue weighted by Crippen LogP contribution is 2.13. The second kappa shape index (κ2) is 4.44. The second-order valence-corrected chi connectivity index (χ2v) is 3.69. The van der Waals surface area contributed by atoms with Gasteiger partial charge in [0, 0.05) is 13.1 Å². The summed E-state index contributed by atoms with van der Waals surface area (Å²) in [5.41, 5.74) is -0.0370. The Morgan fingerprint density at radius 2 is 2.38 bits per heavy atom. The maximum absolute atomic E-state index is 10.6. The lowest BCUT2D eigenvalue weighted by Gasteiger charge is -2.31. The van der Waals surface area contributed by atoms with Gasteiger partial charge < -0.3 is 14.7 Å². The summed E-state index contributed by atoms with van der Waals surface area (Å²) >= 11 is 0. The van der Waals surface area contributed by atoms with Crippen LogP contribution in [-0.2, 0) is 4.74 Å². The number of carboxylic acid groups (broad SMARTS) is 1. The van der Waals surface area contributed by atoms with E-state index in [2.05, 4.69) is 9.97 Å². The van der Waals surface area contributed by atoms with E-state index in [1.807, 2.05) is 11.8 Å². The third-order valence-electron chi connectivity index (χ3n) is 2.42. The summed E-state index contributed by atoms with van der Waals surface area (Å²) in [6.07, 6.45) is 2.92. The van der Waals surface area contributed by atoms with Gasteiger partial charge in [-0.05, 0) is 6.92 Å². The summed E-state index contributed by atoms with van der Waals surface area (Å²) in [6, 6.07) is 0. The highest BCUT2D eigenvalue weighted by atomic mass is 16.5. The Kier molecular flexibility index (Phi) is 3.00. The average molecular weight is 223 g/mol. The molecule has 0 spiro atoms. The van der Waals surface area contributed by atoms with Gasteiger partial charge in [0.15, 0.2) is 5.69 Å². The van der Waals surface area contributed by atoms with E-state index in [0.29, 0.717) is 12.4 Å². The molecule has 1 fully saturated rings. The van der Waals surface area contributed by atoms with Gasteiger partial charge in [-0.15, -0.1) is 0 Å². The lowest BCUT2D eigenvalue weighted by Crippen LogP contribution is -2.41. The molecule has 0 aliphatic carbocycles. The molecule has 1 saturated heterocycles. The van der Waals surface area contributed by atoms with Crippen molar-refractivity contribution in [1.82, 2.24) is 9.97 Å². The topological polar surface area (TPSA) is 75.6 Å². The number of carbonyl (C=O) groups is 1. The number of hydrogen-bond donors (Lipinski definition) is 1. The molecule has 0 radical (unpaired) electrons. The summed E-state index contributed by atoms with van der Waals surface area (Å²) in [4.78, 5) is 20.6. The van der Waals surface area contributed by atoms with Crippen molar-refractivity contribution in [2.24, 2.45) is 0 Å². The molecule has 1 aromatic rings. The average Bonchev–Trinajstić information content (AvgIpc) is 2.29. The Morgan fingerprint density at radius 3 is 2.94 bits per heavy atom. The molecule has 16 heavy (non-hydrogen) atoms. The first-order valence-corrected chi connectivity index (χ1v) is 5.08. The monoisotopic (exact) mass is 223 g/mol. The number of carboxylic acids is 1. The highest BCUT2D eigenvalue weighted by molar-refractivity contribution is 5.84. The Bertz CT molecular complexity index is 379. The van der Waals surface area contributed by atoms with Gasteiger partial charge in [-0.2, -0.15) is 0 Å². The van der Waals surface area contributed by atoms with Crippen LogP contribution in [0.5, 0.6) is 0 Å². The van der Waals surface area contributed by atoms with Gasteiger partial charge in [-0.25, -0.2) is 14.8 Å². The van der Waals surface area contributed by atoms with E-state index < -0.39 is 5.97 Å². The van der Waals surface area contributed by atoms with Crippen LogP contribution in [0, 0.1) is 0 Å². The summed E-state index contributed by atoms with van der Waals surface area (Å²) in [5, 5.41) is 8.69. The normalized spacial score (nSPS) is 20.8. The summed E-state index contributed by atoms with van der Waals surface area (Å²) in [5.74, 6) is -0.366. The van der Waals surface area contributed by atoms with Gasteiger partial charge in [0.25, 0.3) is 0 Å². The predicted octanol–water partition coefficient (Wildman–Crippen LogP) is 0.400. The molecule has 1 N–H and O–H groups in total. The first kappa shape index (κ1) is 10.8. The molecule has 1 aromatic heterocycles. The number of aromatic carboxylic acids is 1. The van der Waals surface area contributed by atoms with Crippen molar-refractivity contribution in [3.63, 3.8) is 0 Å². The van der Waals surface area contributed by atoms with Gasteiger partial charge in [0.1, 0.15) is 5.82 Å². The number of anilines is 1. The molecule has 1 aliphatic rings. The number of aromatic nitrogens is 2. The number of morpholine rings is 1. The van der Waals surface area contributed by atoms with Crippen molar-refractivity contribution < 1.29 is 14.6 Å². The fourth-order valence-electron chi connectivity index (χ4n) is 1.62. The van der Waals surface area contributed by atoms with E-state index in [1.165, 1.54) is 12.4 Å². The third kappa shape index (κ3) is 2.27. The van der Waals surface area contributed by atoms with Gasteiger partial charge in [-0.1, -0.05) is 0 Å². The molecule has 86 valence electrons. The van der Waals surface area contributed by atoms with Crippen LogP contribution in [0.3, 0.4) is 0 Å². The minimum absolute atomic E-state index is 0.0370. The van der Waals surface area contributed by atoms with Crippen LogP contribution in [0.4, 0.5) is 5.82 Å². The Hall–Kier alpha value is -1.69. The van der Waals surface area contributed by atoms with Crippen LogP contribution in [-0.4, -0.2) is 46.8 Å². The van der Waals surface area contributed by atoms with Crippen LogP contribution in [0.25, 0.3) is 0 Å². The lowest BCUT2D eigenvalue weighted by atomic mass is 10.3. The SMILES string of the molecule is C[C@H]1CN(c2cnc(C(=O)O)cn2)CCO1. The first-order valence-electron chi connectivity index (χ1n) is 5.08. The molecule has 2 heterocycles. The van der Waals surface area contributed by atoms with Crippen LogP contribution < -0.4 is 4.90 Å². The van der Waals surface area contributed by atoms with E-state index in [1.54, 1.807) is 0 Å². The van der Waals surface area contributed by atoms with Crippen molar-refractivity contribution in [3.05, 3.63) is 18.1 Å². The first-order chi connectivity index (χ1) is 7.66. The van der Waals surface area contributed by atoms with E-state index in [-0.39, 0.29) is 11.8 Å². The van der Waals surface area contributed by atoms with Crippen molar-refractivity contribution >= 4 is 11.8 Å². The molecule has 0 aromatic carbocycles. The molecule has 0 unspecified atom stereocenters. The second-order valence-electron chi connectivity index (χ2n) is 3.69. The molecule has 0 amide bonds. The number of ether oxygens (including phenoxy) is 1. The van der Waals surface area contributed by atoms with Crippen LogP contribution in [0.1, 0.15) is 17.4 Å². The molecule has 0 saturated carbocycles. The molecule has 2 rings (SSSR count). The van der Waals surface area contributed by atoms with Gasteiger partial charge in [0.05, 0.1) is 25.1 Å². The summed E-state index contributed by atoms with van der Waals surface area (Å²) in [6.45, 7) is 4.15. The Morgan fingerprint density at radius 1 is 1.56 bits per heavy atom. The highest BCUT2D eigenvalue weighted by Gasteiger charge is 2.18. The zero-order valence-electron chi connectivity index (χ0n) is 8.96. The van der Waals surface area contributed by atoms with E-state index in [0.717, 1.165) is 13.1 Å².